The Morgan fingerprint density at radius 3 is 2.76 bits per heavy atom. The van der Waals surface area contributed by atoms with Crippen molar-refractivity contribution in [2.24, 2.45) is 0 Å². The van der Waals surface area contributed by atoms with Gasteiger partial charge in [0, 0.05) is 17.6 Å². The van der Waals surface area contributed by atoms with Gasteiger partial charge in [0.2, 0.25) is 0 Å². The SMILES string of the molecule is CC(C)(C)OC(=O)Nc1cc(CBr)cc(C2CCCO2)c1. The van der Waals surface area contributed by atoms with Gasteiger partial charge in [-0.3, -0.25) is 5.32 Å². The maximum atomic E-state index is 11.9. The van der Waals surface area contributed by atoms with Crippen LogP contribution in [0.5, 0.6) is 0 Å². The first kappa shape index (κ1) is 16.3. The molecule has 1 atom stereocenters. The lowest BCUT2D eigenvalue weighted by atomic mass is 10.0. The fourth-order valence-corrected chi connectivity index (χ4v) is 2.64. The largest absolute Gasteiger partial charge is 0.444 e. The van der Waals surface area contributed by atoms with Gasteiger partial charge in [-0.05, 0) is 56.9 Å². The van der Waals surface area contributed by atoms with Gasteiger partial charge in [-0.15, -0.1) is 0 Å². The van der Waals surface area contributed by atoms with Crippen molar-refractivity contribution in [3.63, 3.8) is 0 Å². The molecule has 1 fully saturated rings. The summed E-state index contributed by atoms with van der Waals surface area (Å²) in [6.45, 7) is 6.34. The lowest BCUT2D eigenvalue weighted by Crippen LogP contribution is -2.27. The van der Waals surface area contributed by atoms with Crippen LogP contribution in [0.4, 0.5) is 10.5 Å². The molecule has 0 spiro atoms. The third kappa shape index (κ3) is 5.00. The zero-order chi connectivity index (χ0) is 15.5. The Hall–Kier alpha value is -1.07. The highest BCUT2D eigenvalue weighted by atomic mass is 79.9. The maximum Gasteiger partial charge on any atom is 0.412 e. The molecule has 1 aliphatic heterocycles. The number of benzene rings is 1. The molecule has 1 heterocycles. The zero-order valence-electron chi connectivity index (χ0n) is 12.7. The number of hydrogen-bond acceptors (Lipinski definition) is 3. The highest BCUT2D eigenvalue weighted by Crippen LogP contribution is 2.31. The molecule has 0 aromatic heterocycles. The summed E-state index contributed by atoms with van der Waals surface area (Å²) in [5, 5.41) is 3.53. The average Bonchev–Trinajstić information content (AvgIpc) is 2.89. The van der Waals surface area contributed by atoms with E-state index in [-0.39, 0.29) is 6.10 Å². The van der Waals surface area contributed by atoms with E-state index in [1.807, 2.05) is 32.9 Å². The molecule has 4 nitrogen and oxygen atoms in total. The molecule has 1 aliphatic rings. The number of carbonyl (C=O) groups excluding carboxylic acids is 1. The van der Waals surface area contributed by atoms with Gasteiger partial charge in [-0.25, -0.2) is 4.79 Å². The molecule has 0 bridgehead atoms. The van der Waals surface area contributed by atoms with Gasteiger partial charge >= 0.3 is 6.09 Å². The van der Waals surface area contributed by atoms with Crippen LogP contribution in [-0.2, 0) is 14.8 Å². The first-order valence-electron chi connectivity index (χ1n) is 7.19. The van der Waals surface area contributed by atoms with E-state index in [2.05, 4.69) is 27.3 Å². The summed E-state index contributed by atoms with van der Waals surface area (Å²) in [4.78, 5) is 11.9. The third-order valence-electron chi connectivity index (χ3n) is 3.12. The summed E-state index contributed by atoms with van der Waals surface area (Å²) in [5.41, 5.74) is 2.45. The fourth-order valence-electron chi connectivity index (χ4n) is 2.32. The lowest BCUT2D eigenvalue weighted by molar-refractivity contribution is 0.0635. The summed E-state index contributed by atoms with van der Waals surface area (Å²) >= 11 is 3.46. The van der Waals surface area contributed by atoms with Crippen molar-refractivity contribution in [2.45, 2.75) is 50.6 Å². The van der Waals surface area contributed by atoms with Crippen molar-refractivity contribution < 1.29 is 14.3 Å². The number of ether oxygens (including phenoxy) is 2. The molecule has 1 unspecified atom stereocenters. The molecule has 2 rings (SSSR count). The fraction of sp³-hybridized carbons (Fsp3) is 0.562. The van der Waals surface area contributed by atoms with Crippen molar-refractivity contribution >= 4 is 27.7 Å². The van der Waals surface area contributed by atoms with Gasteiger partial charge in [-0.1, -0.05) is 22.0 Å². The van der Waals surface area contributed by atoms with Crippen LogP contribution in [0, 0.1) is 0 Å². The Labute approximate surface area is 134 Å². The molecule has 116 valence electrons. The molecule has 1 amide bonds. The molecule has 21 heavy (non-hydrogen) atoms. The minimum absolute atomic E-state index is 0.128. The summed E-state index contributed by atoms with van der Waals surface area (Å²) in [6, 6.07) is 6.02. The van der Waals surface area contributed by atoms with Gasteiger partial charge in [0.1, 0.15) is 5.60 Å². The number of nitrogens with one attached hydrogen (secondary N) is 1. The van der Waals surface area contributed by atoms with E-state index < -0.39 is 11.7 Å². The van der Waals surface area contributed by atoms with Crippen LogP contribution in [0.15, 0.2) is 18.2 Å². The molecule has 1 saturated heterocycles. The molecular weight excluding hydrogens is 334 g/mol. The smallest absolute Gasteiger partial charge is 0.412 e. The lowest BCUT2D eigenvalue weighted by Gasteiger charge is -2.20. The number of rotatable bonds is 3. The Balaban J connectivity index is 2.14. The molecule has 0 aliphatic carbocycles. The van der Waals surface area contributed by atoms with E-state index in [0.29, 0.717) is 0 Å². The predicted octanol–water partition coefficient (Wildman–Crippen LogP) is 4.78. The van der Waals surface area contributed by atoms with Gasteiger partial charge in [-0.2, -0.15) is 0 Å². The summed E-state index contributed by atoms with van der Waals surface area (Å²) in [5.74, 6) is 0. The van der Waals surface area contributed by atoms with Gasteiger partial charge in [0.05, 0.1) is 6.10 Å². The Kier molecular flexibility index (Phi) is 5.27. The van der Waals surface area contributed by atoms with E-state index in [0.717, 1.165) is 41.6 Å². The van der Waals surface area contributed by atoms with Crippen LogP contribution in [0.1, 0.15) is 50.8 Å². The predicted molar refractivity (Wildman–Crippen MR) is 86.9 cm³/mol. The van der Waals surface area contributed by atoms with Crippen LogP contribution in [0.2, 0.25) is 0 Å². The highest BCUT2D eigenvalue weighted by Gasteiger charge is 2.20. The number of amides is 1. The first-order valence-corrected chi connectivity index (χ1v) is 8.31. The number of carbonyl (C=O) groups is 1. The van der Waals surface area contributed by atoms with Gasteiger partial charge in [0.25, 0.3) is 0 Å². The second-order valence-corrected chi connectivity index (χ2v) is 6.79. The van der Waals surface area contributed by atoms with Gasteiger partial charge < -0.3 is 9.47 Å². The monoisotopic (exact) mass is 355 g/mol. The van der Waals surface area contributed by atoms with Crippen LogP contribution in [-0.4, -0.2) is 18.3 Å². The third-order valence-corrected chi connectivity index (χ3v) is 3.76. The van der Waals surface area contributed by atoms with Crippen molar-refractivity contribution in [2.75, 3.05) is 11.9 Å². The van der Waals surface area contributed by atoms with Crippen molar-refractivity contribution in [1.82, 2.24) is 0 Å². The molecular formula is C16H22BrNO3. The molecule has 1 aromatic rings. The van der Waals surface area contributed by atoms with Crippen molar-refractivity contribution in [3.05, 3.63) is 29.3 Å². The Bertz CT molecular complexity index is 505. The van der Waals surface area contributed by atoms with Crippen LogP contribution in [0.3, 0.4) is 0 Å². The van der Waals surface area contributed by atoms with Gasteiger partial charge in [0.15, 0.2) is 0 Å². The summed E-state index contributed by atoms with van der Waals surface area (Å²) < 4.78 is 11.0. The number of alkyl halides is 1. The van der Waals surface area contributed by atoms with E-state index in [9.17, 15) is 4.79 Å². The number of anilines is 1. The van der Waals surface area contributed by atoms with Crippen molar-refractivity contribution in [1.29, 1.82) is 0 Å². The van der Waals surface area contributed by atoms with E-state index in [4.69, 9.17) is 9.47 Å². The Morgan fingerprint density at radius 2 is 2.19 bits per heavy atom. The Morgan fingerprint density at radius 1 is 1.43 bits per heavy atom. The maximum absolute atomic E-state index is 11.9. The quantitative estimate of drug-likeness (QED) is 0.793. The molecule has 1 N–H and O–H groups in total. The standard InChI is InChI=1S/C16H22BrNO3/c1-16(2,3)21-15(19)18-13-8-11(10-17)7-12(9-13)14-5-4-6-20-14/h7-9,14H,4-6,10H2,1-3H3,(H,18,19). The van der Waals surface area contributed by atoms with Crippen LogP contribution in [0.25, 0.3) is 0 Å². The molecule has 0 saturated carbocycles. The summed E-state index contributed by atoms with van der Waals surface area (Å²) in [7, 11) is 0. The molecule has 5 heteroatoms. The van der Waals surface area contributed by atoms with Crippen molar-refractivity contribution in [3.8, 4) is 0 Å². The number of halogens is 1. The van der Waals surface area contributed by atoms with E-state index in [1.165, 1.54) is 0 Å². The van der Waals surface area contributed by atoms with E-state index in [1.54, 1.807) is 0 Å². The zero-order valence-corrected chi connectivity index (χ0v) is 14.3. The average molecular weight is 356 g/mol. The topological polar surface area (TPSA) is 47.6 Å². The second-order valence-electron chi connectivity index (χ2n) is 6.23. The van der Waals surface area contributed by atoms with Crippen LogP contribution < -0.4 is 5.32 Å². The summed E-state index contributed by atoms with van der Waals surface area (Å²) in [6.07, 6.45) is 1.80. The minimum Gasteiger partial charge on any atom is -0.444 e. The van der Waals surface area contributed by atoms with E-state index >= 15 is 0 Å². The van der Waals surface area contributed by atoms with Crippen LogP contribution >= 0.6 is 15.9 Å². The first-order chi connectivity index (χ1) is 9.87. The normalized spacial score (nSPS) is 18.6. The molecule has 0 radical (unpaired) electrons. The highest BCUT2D eigenvalue weighted by molar-refractivity contribution is 9.08. The second kappa shape index (κ2) is 6.79. The minimum atomic E-state index is -0.505. The number of hydrogen-bond donors (Lipinski definition) is 1. The molecule has 1 aromatic carbocycles.